The summed E-state index contributed by atoms with van der Waals surface area (Å²) in [5.41, 5.74) is 5.47. The predicted octanol–water partition coefficient (Wildman–Crippen LogP) is 7.32. The van der Waals surface area contributed by atoms with E-state index in [0.717, 1.165) is 52.3 Å². The largest absolute Gasteiger partial charge is 0.340 e. The molecular weight excluding hydrogens is 476 g/mol. The Balaban J connectivity index is 1.40. The molecule has 5 rings (SSSR count). The summed E-state index contributed by atoms with van der Waals surface area (Å²) in [6.07, 6.45) is 3.46. The molecule has 1 aliphatic rings. The van der Waals surface area contributed by atoms with E-state index in [1.54, 1.807) is 0 Å². The maximum atomic E-state index is 13.1. The van der Waals surface area contributed by atoms with Crippen molar-refractivity contribution >= 4 is 51.5 Å². The van der Waals surface area contributed by atoms with Crippen LogP contribution in [0.4, 0.5) is 4.79 Å². The average Bonchev–Trinajstić information content (AvgIpc) is 3.29. The number of para-hydroxylation sites is 1. The van der Waals surface area contributed by atoms with E-state index in [-0.39, 0.29) is 11.1 Å². The minimum absolute atomic E-state index is 0.197. The highest BCUT2D eigenvalue weighted by atomic mass is 35.5. The number of hydrogen-bond donors (Lipinski definition) is 0. The van der Waals surface area contributed by atoms with Crippen LogP contribution in [0.15, 0.2) is 83.8 Å². The van der Waals surface area contributed by atoms with Crippen LogP contribution >= 0.6 is 23.4 Å². The lowest BCUT2D eigenvalue weighted by Crippen LogP contribution is -2.29. The molecule has 0 atom stereocenters. The zero-order chi connectivity index (χ0) is 24.4. The van der Waals surface area contributed by atoms with Crippen molar-refractivity contribution in [3.05, 3.63) is 111 Å². The fourth-order valence-corrected chi connectivity index (χ4v) is 5.50. The van der Waals surface area contributed by atoms with Crippen molar-refractivity contribution in [1.82, 2.24) is 9.47 Å². The Morgan fingerprint density at radius 1 is 0.886 bits per heavy atom. The number of amides is 2. The number of fused-ring (bicyclic) bond motifs is 1. The fourth-order valence-electron chi connectivity index (χ4n) is 4.53. The van der Waals surface area contributed by atoms with Gasteiger partial charge in [0.15, 0.2) is 0 Å². The van der Waals surface area contributed by atoms with Crippen molar-refractivity contribution in [2.24, 2.45) is 0 Å². The van der Waals surface area contributed by atoms with E-state index in [4.69, 9.17) is 11.6 Å². The summed E-state index contributed by atoms with van der Waals surface area (Å²) in [6.45, 7) is 3.18. The summed E-state index contributed by atoms with van der Waals surface area (Å²) in [4.78, 5) is 27.7. The summed E-state index contributed by atoms with van der Waals surface area (Å²) < 4.78 is 2.24. The van der Waals surface area contributed by atoms with Gasteiger partial charge in [-0.05, 0) is 66.9 Å². The van der Waals surface area contributed by atoms with E-state index in [2.05, 4.69) is 35.8 Å². The van der Waals surface area contributed by atoms with Gasteiger partial charge in [-0.15, -0.1) is 0 Å². The Morgan fingerprint density at radius 3 is 2.37 bits per heavy atom. The Hall–Kier alpha value is -3.28. The van der Waals surface area contributed by atoms with E-state index in [0.29, 0.717) is 23.0 Å². The minimum Gasteiger partial charge on any atom is -0.340 e. The molecule has 0 N–H and O–H groups in total. The second-order valence-electron chi connectivity index (χ2n) is 8.65. The number of aromatic nitrogens is 1. The van der Waals surface area contributed by atoms with Crippen LogP contribution in [0.2, 0.25) is 5.02 Å². The molecule has 2 amide bonds. The second-order valence-corrected chi connectivity index (χ2v) is 10.1. The molecule has 3 aromatic carbocycles. The van der Waals surface area contributed by atoms with Gasteiger partial charge in [-0.3, -0.25) is 14.5 Å². The van der Waals surface area contributed by atoms with Crippen LogP contribution in [0.25, 0.3) is 17.0 Å². The Kier molecular flexibility index (Phi) is 6.80. The third kappa shape index (κ3) is 4.93. The highest BCUT2D eigenvalue weighted by Crippen LogP contribution is 2.36. The third-order valence-electron chi connectivity index (χ3n) is 6.37. The topological polar surface area (TPSA) is 42.3 Å². The summed E-state index contributed by atoms with van der Waals surface area (Å²) in [6, 6.07) is 26.1. The van der Waals surface area contributed by atoms with E-state index in [1.807, 2.05) is 60.7 Å². The molecule has 4 aromatic rings. The smallest absolute Gasteiger partial charge is 0.293 e. The molecule has 0 bridgehead atoms. The number of halogens is 1. The zero-order valence-electron chi connectivity index (χ0n) is 19.4. The Labute approximate surface area is 214 Å². The van der Waals surface area contributed by atoms with Gasteiger partial charge in [-0.1, -0.05) is 72.3 Å². The maximum absolute atomic E-state index is 13.1. The molecule has 35 heavy (non-hydrogen) atoms. The first-order chi connectivity index (χ1) is 17.0. The minimum atomic E-state index is -0.206. The van der Waals surface area contributed by atoms with Gasteiger partial charge in [-0.2, -0.15) is 0 Å². The van der Waals surface area contributed by atoms with Crippen LogP contribution in [0.3, 0.4) is 0 Å². The molecule has 0 saturated carbocycles. The van der Waals surface area contributed by atoms with Gasteiger partial charge < -0.3 is 4.57 Å². The predicted molar refractivity (Wildman–Crippen MR) is 145 cm³/mol. The molecule has 2 heterocycles. The molecule has 6 heteroatoms. The summed E-state index contributed by atoms with van der Waals surface area (Å²) in [5, 5.41) is 1.58. The lowest BCUT2D eigenvalue weighted by atomic mass is 10.1. The molecule has 0 unspecified atom stereocenters. The number of carbonyl (C=O) groups excluding carboxylic acids is 2. The van der Waals surface area contributed by atoms with Crippen LogP contribution in [0, 0.1) is 6.92 Å². The molecule has 0 radical (unpaired) electrons. The van der Waals surface area contributed by atoms with Gasteiger partial charge in [0, 0.05) is 40.3 Å². The molecule has 1 aliphatic heterocycles. The molecule has 4 nitrogen and oxygen atoms in total. The van der Waals surface area contributed by atoms with Crippen LogP contribution in [-0.2, 0) is 17.8 Å². The first-order valence-corrected chi connectivity index (χ1v) is 12.8. The first-order valence-electron chi connectivity index (χ1n) is 11.6. The molecule has 1 fully saturated rings. The number of carbonyl (C=O) groups is 2. The number of aryl methyl sites for hydroxylation is 1. The van der Waals surface area contributed by atoms with Crippen molar-refractivity contribution in [2.75, 3.05) is 6.54 Å². The number of rotatable bonds is 7. The van der Waals surface area contributed by atoms with Gasteiger partial charge in [0.2, 0.25) is 0 Å². The van der Waals surface area contributed by atoms with Gasteiger partial charge >= 0.3 is 0 Å². The van der Waals surface area contributed by atoms with Crippen molar-refractivity contribution in [3.8, 4) is 0 Å². The first kappa shape index (κ1) is 23.5. The number of benzene rings is 3. The quantitative estimate of drug-likeness (QED) is 0.250. The highest BCUT2D eigenvalue weighted by molar-refractivity contribution is 8.18. The monoisotopic (exact) mass is 500 g/mol. The highest BCUT2D eigenvalue weighted by Gasteiger charge is 2.35. The van der Waals surface area contributed by atoms with Crippen LogP contribution in [0.5, 0.6) is 0 Å². The second kappa shape index (κ2) is 10.1. The Morgan fingerprint density at radius 2 is 1.60 bits per heavy atom. The number of hydrogen-bond acceptors (Lipinski definition) is 3. The number of thioether (sulfide) groups is 1. The van der Waals surface area contributed by atoms with Crippen LogP contribution in [-0.4, -0.2) is 27.2 Å². The van der Waals surface area contributed by atoms with Crippen molar-refractivity contribution in [1.29, 1.82) is 0 Å². The Bertz CT molecular complexity index is 1420. The van der Waals surface area contributed by atoms with Gasteiger partial charge in [0.1, 0.15) is 0 Å². The van der Waals surface area contributed by atoms with E-state index in [1.165, 1.54) is 10.5 Å². The van der Waals surface area contributed by atoms with E-state index < -0.39 is 0 Å². The van der Waals surface area contributed by atoms with E-state index >= 15 is 0 Å². The van der Waals surface area contributed by atoms with Gasteiger partial charge in [0.05, 0.1) is 4.91 Å². The lowest BCUT2D eigenvalue weighted by Gasteiger charge is -2.12. The normalized spacial score (nSPS) is 15.0. The maximum Gasteiger partial charge on any atom is 0.293 e. The summed E-state index contributed by atoms with van der Waals surface area (Å²) in [7, 11) is 0. The van der Waals surface area contributed by atoms with Crippen LogP contribution < -0.4 is 0 Å². The fraction of sp³-hybridized carbons (Fsp3) is 0.172. The van der Waals surface area contributed by atoms with Crippen LogP contribution in [0.1, 0.15) is 28.8 Å². The molecule has 1 saturated heterocycles. The third-order valence-corrected chi connectivity index (χ3v) is 7.53. The number of imide groups is 1. The lowest BCUT2D eigenvalue weighted by molar-refractivity contribution is -0.122. The molecular formula is C29H25ClN2O2S. The average molecular weight is 501 g/mol. The molecule has 0 aliphatic carbocycles. The van der Waals surface area contributed by atoms with Gasteiger partial charge in [-0.25, -0.2) is 0 Å². The van der Waals surface area contributed by atoms with Crippen molar-refractivity contribution in [2.45, 2.75) is 26.3 Å². The SMILES string of the molecule is Cc1c(/C=C2/SC(=O)N(CCCc3ccccc3)C2=O)c2ccccc2n1Cc1ccc(Cl)cc1. The van der Waals surface area contributed by atoms with E-state index in [9.17, 15) is 9.59 Å². The standard InChI is InChI=1S/C29H25ClN2O2S/c1-20-25(24-11-5-6-12-26(24)32(20)19-22-13-15-23(30)16-14-22)18-27-28(33)31(29(34)35-27)17-7-10-21-8-3-2-4-9-21/h2-6,8-9,11-16,18H,7,10,17,19H2,1H3/b27-18+. The summed E-state index contributed by atoms with van der Waals surface area (Å²) >= 11 is 7.09. The van der Waals surface area contributed by atoms with Gasteiger partial charge in [0.25, 0.3) is 11.1 Å². The molecule has 176 valence electrons. The van der Waals surface area contributed by atoms with Crippen molar-refractivity contribution in [3.63, 3.8) is 0 Å². The molecule has 0 spiro atoms. The summed E-state index contributed by atoms with van der Waals surface area (Å²) in [5.74, 6) is -0.206. The zero-order valence-corrected chi connectivity index (χ0v) is 21.0. The molecule has 1 aromatic heterocycles. The number of nitrogens with zero attached hydrogens (tertiary/aromatic N) is 2. The van der Waals surface area contributed by atoms with Crippen molar-refractivity contribution < 1.29 is 9.59 Å².